The van der Waals surface area contributed by atoms with Gasteiger partial charge in [0.05, 0.1) is 18.6 Å². The van der Waals surface area contributed by atoms with Crippen LogP contribution in [0.4, 0.5) is 0 Å². The molecule has 5 rings (SSSR count). The first-order valence-corrected chi connectivity index (χ1v) is 18.8. The molecule has 0 saturated carbocycles. The standard InChI is InChI=1S/C41H60N6O4/c1-25-19-27-17-18-28(20-29(27)23-46(25)39(51)36(41(5,6)7)45-34(48)22-42-8)30-21-33(47(24-30)38(50)35(43-9)40(2,3)4)37(49)44-32-16-12-14-26-13-10-11-15-31(26)32/h10-11,13,15,17-18,20,25,30,32-33,35-36,42-43H,12,14,16,19,21-24H2,1-9H3,(H,44,49)(H,45,48)/t25-,30?,32-,33+,35-,36?/m1/s1. The van der Waals surface area contributed by atoms with E-state index >= 15 is 0 Å². The fourth-order valence-electron chi connectivity index (χ4n) is 8.33. The smallest absolute Gasteiger partial charge is 0.246 e. The Morgan fingerprint density at radius 2 is 1.55 bits per heavy atom. The molecule has 2 aromatic carbocycles. The van der Waals surface area contributed by atoms with Gasteiger partial charge in [-0.15, -0.1) is 0 Å². The van der Waals surface area contributed by atoms with Gasteiger partial charge in [-0.2, -0.15) is 0 Å². The second-order valence-electron chi connectivity index (χ2n) is 17.1. The zero-order valence-electron chi connectivity index (χ0n) is 32.2. The van der Waals surface area contributed by atoms with Crippen molar-refractivity contribution in [2.45, 2.75) is 123 Å². The molecule has 10 heteroatoms. The Morgan fingerprint density at radius 3 is 2.22 bits per heavy atom. The minimum absolute atomic E-state index is 0.0321. The van der Waals surface area contributed by atoms with Crippen LogP contribution in [0.25, 0.3) is 0 Å². The summed E-state index contributed by atoms with van der Waals surface area (Å²) in [7, 11) is 3.52. The fraction of sp³-hybridized carbons (Fsp3) is 0.610. The van der Waals surface area contributed by atoms with Crippen molar-refractivity contribution in [3.63, 3.8) is 0 Å². The lowest BCUT2D eigenvalue weighted by molar-refractivity contribution is -0.142. The van der Waals surface area contributed by atoms with Crippen molar-refractivity contribution in [2.24, 2.45) is 10.8 Å². The number of rotatable bonds is 9. The molecule has 0 bridgehead atoms. The van der Waals surface area contributed by atoms with Crippen LogP contribution in [0.3, 0.4) is 0 Å². The third-order valence-corrected chi connectivity index (χ3v) is 11.1. The van der Waals surface area contributed by atoms with Crippen molar-refractivity contribution < 1.29 is 19.2 Å². The second kappa shape index (κ2) is 15.5. The maximum Gasteiger partial charge on any atom is 0.246 e. The van der Waals surface area contributed by atoms with Gasteiger partial charge in [0.15, 0.2) is 0 Å². The summed E-state index contributed by atoms with van der Waals surface area (Å²) in [5.41, 5.74) is 4.96. The normalized spacial score (nSPS) is 23.2. The van der Waals surface area contributed by atoms with Crippen LogP contribution in [-0.2, 0) is 38.6 Å². The molecule has 6 atom stereocenters. The number of carbonyl (C=O) groups excluding carboxylic acids is 4. The highest BCUT2D eigenvalue weighted by Crippen LogP contribution is 2.38. The Kier molecular flexibility index (Phi) is 11.7. The maximum absolute atomic E-state index is 14.3. The zero-order chi connectivity index (χ0) is 37.2. The summed E-state index contributed by atoms with van der Waals surface area (Å²) >= 11 is 0. The van der Waals surface area contributed by atoms with Crippen LogP contribution in [0.1, 0.15) is 108 Å². The van der Waals surface area contributed by atoms with Gasteiger partial charge in [0, 0.05) is 25.0 Å². The Morgan fingerprint density at radius 1 is 0.863 bits per heavy atom. The topological polar surface area (TPSA) is 123 Å². The van der Waals surface area contributed by atoms with Gasteiger partial charge in [0.2, 0.25) is 23.6 Å². The lowest BCUT2D eigenvalue weighted by Gasteiger charge is -2.40. The molecule has 10 nitrogen and oxygen atoms in total. The Hall–Kier alpha value is -3.76. The number of hydrogen-bond acceptors (Lipinski definition) is 6. The Bertz CT molecular complexity index is 1610. The monoisotopic (exact) mass is 700 g/mol. The number of likely N-dealkylation sites (tertiary alicyclic amines) is 1. The lowest BCUT2D eigenvalue weighted by Crippen LogP contribution is -2.58. The van der Waals surface area contributed by atoms with Crippen LogP contribution in [0, 0.1) is 10.8 Å². The Labute approximate surface area is 304 Å². The van der Waals surface area contributed by atoms with E-state index in [1.54, 1.807) is 11.9 Å². The van der Waals surface area contributed by atoms with E-state index in [0.29, 0.717) is 25.9 Å². The molecule has 0 spiro atoms. The van der Waals surface area contributed by atoms with Crippen LogP contribution in [0.2, 0.25) is 0 Å². The second-order valence-corrected chi connectivity index (χ2v) is 17.1. The first-order chi connectivity index (χ1) is 24.0. The molecule has 2 heterocycles. The van der Waals surface area contributed by atoms with Crippen molar-refractivity contribution in [1.82, 2.24) is 31.1 Å². The van der Waals surface area contributed by atoms with Gasteiger partial charge in [0.1, 0.15) is 12.1 Å². The molecule has 1 aliphatic carbocycles. The molecule has 278 valence electrons. The van der Waals surface area contributed by atoms with Crippen LogP contribution >= 0.6 is 0 Å². The van der Waals surface area contributed by atoms with Crippen LogP contribution < -0.4 is 21.3 Å². The minimum atomic E-state index is -0.668. The highest BCUT2D eigenvalue weighted by atomic mass is 16.2. The molecule has 0 radical (unpaired) electrons. The average molecular weight is 701 g/mol. The van der Waals surface area contributed by atoms with E-state index in [4.69, 9.17) is 0 Å². The lowest BCUT2D eigenvalue weighted by atomic mass is 9.84. The number of nitrogens with zero attached hydrogens (tertiary/aromatic N) is 2. The number of nitrogens with one attached hydrogen (secondary N) is 4. The fourth-order valence-corrected chi connectivity index (χ4v) is 8.33. The number of aryl methyl sites for hydroxylation is 1. The number of carbonyl (C=O) groups is 4. The summed E-state index contributed by atoms with van der Waals surface area (Å²) in [6, 6.07) is 13.0. The summed E-state index contributed by atoms with van der Waals surface area (Å²) < 4.78 is 0. The molecule has 51 heavy (non-hydrogen) atoms. The summed E-state index contributed by atoms with van der Waals surface area (Å²) in [5.74, 6) is -0.508. The van der Waals surface area contributed by atoms with Gasteiger partial charge in [-0.25, -0.2) is 0 Å². The van der Waals surface area contributed by atoms with E-state index in [0.717, 1.165) is 30.4 Å². The zero-order valence-corrected chi connectivity index (χ0v) is 32.2. The number of hydrogen-bond donors (Lipinski definition) is 4. The predicted octanol–water partition coefficient (Wildman–Crippen LogP) is 4.22. The first kappa shape index (κ1) is 38.5. The van der Waals surface area contributed by atoms with Crippen molar-refractivity contribution >= 4 is 23.6 Å². The van der Waals surface area contributed by atoms with E-state index in [1.165, 1.54) is 16.7 Å². The molecular formula is C41H60N6O4. The van der Waals surface area contributed by atoms with E-state index in [-0.39, 0.29) is 53.6 Å². The molecule has 2 aromatic rings. The third kappa shape index (κ3) is 8.49. The van der Waals surface area contributed by atoms with E-state index in [2.05, 4.69) is 64.6 Å². The van der Waals surface area contributed by atoms with Crippen LogP contribution in [-0.4, -0.2) is 84.8 Å². The Balaban J connectivity index is 1.41. The summed E-state index contributed by atoms with van der Waals surface area (Å²) in [5, 5.41) is 12.4. The summed E-state index contributed by atoms with van der Waals surface area (Å²) in [4.78, 5) is 58.9. The highest BCUT2D eigenvalue weighted by Gasteiger charge is 2.45. The SMILES string of the molecule is CNCC(=O)NC(C(=O)N1Cc2cc(C3C[C@@H](C(=O)N[C@@H]4CCCc5ccccc54)N(C(=O)[C@@H](NC)C(C)(C)C)C3)ccc2C[C@H]1C)C(C)(C)C. The molecule has 4 amide bonds. The average Bonchev–Trinajstić information content (AvgIpc) is 3.52. The van der Waals surface area contributed by atoms with E-state index < -0.39 is 23.5 Å². The quantitative estimate of drug-likeness (QED) is 0.311. The number of fused-ring (bicyclic) bond motifs is 2. The van der Waals surface area contributed by atoms with Gasteiger partial charge >= 0.3 is 0 Å². The van der Waals surface area contributed by atoms with Gasteiger partial charge < -0.3 is 31.1 Å². The molecule has 2 unspecified atom stereocenters. The van der Waals surface area contributed by atoms with Crippen LogP contribution in [0.15, 0.2) is 42.5 Å². The minimum Gasteiger partial charge on any atom is -0.347 e. The molecule has 3 aliphatic rings. The van der Waals surface area contributed by atoms with Crippen molar-refractivity contribution in [3.8, 4) is 0 Å². The molecule has 1 fully saturated rings. The first-order valence-electron chi connectivity index (χ1n) is 18.8. The molecular weight excluding hydrogens is 640 g/mol. The van der Waals surface area contributed by atoms with E-state index in [1.807, 2.05) is 59.6 Å². The van der Waals surface area contributed by atoms with Crippen molar-refractivity contribution in [1.29, 1.82) is 0 Å². The van der Waals surface area contributed by atoms with Gasteiger partial charge in [-0.1, -0.05) is 84.0 Å². The molecule has 2 aliphatic heterocycles. The number of benzene rings is 2. The molecule has 1 saturated heterocycles. The third-order valence-electron chi connectivity index (χ3n) is 11.1. The van der Waals surface area contributed by atoms with Crippen LogP contribution in [0.5, 0.6) is 0 Å². The number of amides is 4. The highest BCUT2D eigenvalue weighted by molar-refractivity contribution is 5.91. The molecule has 4 N–H and O–H groups in total. The largest absolute Gasteiger partial charge is 0.347 e. The van der Waals surface area contributed by atoms with Crippen molar-refractivity contribution in [2.75, 3.05) is 27.2 Å². The number of likely N-dealkylation sites (N-methyl/N-ethyl adjacent to an activating group) is 2. The van der Waals surface area contributed by atoms with Gasteiger partial charge in [-0.05, 0) is 91.8 Å². The summed E-state index contributed by atoms with van der Waals surface area (Å²) in [6.45, 7) is 15.1. The van der Waals surface area contributed by atoms with Crippen molar-refractivity contribution in [3.05, 3.63) is 70.3 Å². The summed E-state index contributed by atoms with van der Waals surface area (Å²) in [6.07, 6.45) is 4.13. The molecule has 0 aromatic heterocycles. The van der Waals surface area contributed by atoms with Gasteiger partial charge in [-0.3, -0.25) is 19.2 Å². The van der Waals surface area contributed by atoms with E-state index in [9.17, 15) is 19.2 Å². The maximum atomic E-state index is 14.3. The van der Waals surface area contributed by atoms with Gasteiger partial charge in [0.25, 0.3) is 0 Å². The predicted molar refractivity (Wildman–Crippen MR) is 201 cm³/mol.